The number of rotatable bonds is 8. The van der Waals surface area contributed by atoms with Crippen LogP contribution in [0.25, 0.3) is 0 Å². The second kappa shape index (κ2) is 9.13. The molecule has 128 valence electrons. The fraction of sp³-hybridized carbons (Fsp3) is 0.421. The number of ether oxygens (including phenoxy) is 1. The molecule has 0 unspecified atom stereocenters. The zero-order valence-corrected chi connectivity index (χ0v) is 14.6. The molecule has 2 heterocycles. The largest absolute Gasteiger partial charge is 0.468 e. The van der Waals surface area contributed by atoms with Crippen molar-refractivity contribution in [2.75, 3.05) is 13.7 Å². The van der Waals surface area contributed by atoms with Crippen molar-refractivity contribution >= 4 is 5.97 Å². The Morgan fingerprint density at radius 3 is 2.46 bits per heavy atom. The monoisotopic (exact) mass is 327 g/mol. The van der Waals surface area contributed by atoms with Crippen LogP contribution in [0, 0.1) is 5.92 Å². The van der Waals surface area contributed by atoms with E-state index in [0.717, 1.165) is 23.5 Å². The molecule has 0 saturated carbocycles. The molecule has 2 aromatic rings. The Kier molecular flexibility index (Phi) is 6.88. The van der Waals surface area contributed by atoms with Crippen LogP contribution in [0.15, 0.2) is 42.6 Å². The maximum Gasteiger partial charge on any atom is 0.319 e. The molecule has 5 nitrogen and oxygen atoms in total. The molecule has 0 aromatic carbocycles. The van der Waals surface area contributed by atoms with Gasteiger partial charge in [-0.15, -0.1) is 0 Å². The van der Waals surface area contributed by atoms with Crippen molar-refractivity contribution in [1.29, 1.82) is 0 Å². The predicted octanol–water partition coefficient (Wildman–Crippen LogP) is 2.85. The highest BCUT2D eigenvalue weighted by Gasteiger charge is 2.14. The minimum Gasteiger partial charge on any atom is -0.468 e. The Hall–Kier alpha value is -2.27. The highest BCUT2D eigenvalue weighted by atomic mass is 16.5. The molecule has 2 rings (SSSR count). The third kappa shape index (κ3) is 6.08. The first-order valence-electron chi connectivity index (χ1n) is 8.20. The van der Waals surface area contributed by atoms with Gasteiger partial charge < -0.3 is 4.74 Å². The van der Waals surface area contributed by atoms with Gasteiger partial charge in [0.05, 0.1) is 25.0 Å². The summed E-state index contributed by atoms with van der Waals surface area (Å²) in [5, 5.41) is 0. The van der Waals surface area contributed by atoms with E-state index in [1.807, 2.05) is 41.3 Å². The molecular weight excluding hydrogens is 302 g/mol. The standard InChI is InChI=1S/C19H25N3O2/c1-15(2)11-16-8-6-9-18(21-16)13-22(14-19(23)24-3)12-17-7-4-5-10-20-17/h4-10,15H,11-14H2,1-3H3. The van der Waals surface area contributed by atoms with E-state index in [4.69, 9.17) is 9.72 Å². The number of hydrogen-bond acceptors (Lipinski definition) is 5. The van der Waals surface area contributed by atoms with Crippen molar-refractivity contribution in [3.05, 3.63) is 59.7 Å². The van der Waals surface area contributed by atoms with Crippen molar-refractivity contribution in [2.45, 2.75) is 33.4 Å². The van der Waals surface area contributed by atoms with E-state index in [-0.39, 0.29) is 12.5 Å². The zero-order chi connectivity index (χ0) is 17.4. The van der Waals surface area contributed by atoms with Crippen LogP contribution in [0.3, 0.4) is 0 Å². The summed E-state index contributed by atoms with van der Waals surface area (Å²) in [6, 6.07) is 11.8. The molecule has 24 heavy (non-hydrogen) atoms. The van der Waals surface area contributed by atoms with Gasteiger partial charge in [-0.3, -0.25) is 19.7 Å². The topological polar surface area (TPSA) is 55.3 Å². The molecule has 0 radical (unpaired) electrons. The number of nitrogens with zero attached hydrogens (tertiary/aromatic N) is 3. The highest BCUT2D eigenvalue weighted by molar-refractivity contribution is 5.71. The highest BCUT2D eigenvalue weighted by Crippen LogP contribution is 2.10. The lowest BCUT2D eigenvalue weighted by molar-refractivity contribution is -0.142. The van der Waals surface area contributed by atoms with Gasteiger partial charge in [-0.05, 0) is 36.6 Å². The van der Waals surface area contributed by atoms with E-state index in [2.05, 4.69) is 18.8 Å². The van der Waals surface area contributed by atoms with E-state index in [9.17, 15) is 4.79 Å². The summed E-state index contributed by atoms with van der Waals surface area (Å²) in [5.74, 6) is 0.303. The maximum absolute atomic E-state index is 11.7. The summed E-state index contributed by atoms with van der Waals surface area (Å²) in [7, 11) is 1.41. The Morgan fingerprint density at radius 2 is 1.79 bits per heavy atom. The van der Waals surface area contributed by atoms with E-state index in [0.29, 0.717) is 19.0 Å². The third-order valence-electron chi connectivity index (χ3n) is 3.56. The fourth-order valence-electron chi connectivity index (χ4n) is 2.51. The molecule has 5 heteroatoms. The molecule has 0 saturated heterocycles. The summed E-state index contributed by atoms with van der Waals surface area (Å²) in [4.78, 5) is 22.8. The van der Waals surface area contributed by atoms with Gasteiger partial charge in [0.2, 0.25) is 0 Å². The summed E-state index contributed by atoms with van der Waals surface area (Å²) >= 11 is 0. The summed E-state index contributed by atoms with van der Waals surface area (Å²) in [6.07, 6.45) is 2.71. The summed E-state index contributed by atoms with van der Waals surface area (Å²) < 4.78 is 4.81. The van der Waals surface area contributed by atoms with E-state index >= 15 is 0 Å². The Morgan fingerprint density at radius 1 is 1.08 bits per heavy atom. The fourth-order valence-corrected chi connectivity index (χ4v) is 2.51. The van der Waals surface area contributed by atoms with E-state index < -0.39 is 0 Å². The number of pyridine rings is 2. The van der Waals surface area contributed by atoms with E-state index in [1.165, 1.54) is 7.11 Å². The van der Waals surface area contributed by atoms with Gasteiger partial charge in [-0.1, -0.05) is 26.0 Å². The van der Waals surface area contributed by atoms with Gasteiger partial charge in [0.25, 0.3) is 0 Å². The van der Waals surface area contributed by atoms with Crippen LogP contribution in [-0.2, 0) is 29.0 Å². The van der Waals surface area contributed by atoms with Gasteiger partial charge in [-0.2, -0.15) is 0 Å². The van der Waals surface area contributed by atoms with Crippen LogP contribution < -0.4 is 0 Å². The number of hydrogen-bond donors (Lipinski definition) is 0. The molecule has 0 aliphatic heterocycles. The number of methoxy groups -OCH3 is 1. The normalized spacial score (nSPS) is 11.0. The van der Waals surface area contributed by atoms with Crippen LogP contribution in [-0.4, -0.2) is 34.5 Å². The average Bonchev–Trinajstić information content (AvgIpc) is 2.55. The Balaban J connectivity index is 2.10. The SMILES string of the molecule is COC(=O)CN(Cc1ccccn1)Cc1cccc(CC(C)C)n1. The first-order chi connectivity index (χ1) is 11.6. The summed E-state index contributed by atoms with van der Waals surface area (Å²) in [6.45, 7) is 5.73. The molecule has 0 fully saturated rings. The molecular formula is C19H25N3O2. The van der Waals surface area contributed by atoms with Gasteiger partial charge in [0, 0.05) is 25.0 Å². The molecule has 0 aliphatic carbocycles. The number of aromatic nitrogens is 2. The molecule has 0 N–H and O–H groups in total. The van der Waals surface area contributed by atoms with Crippen LogP contribution >= 0.6 is 0 Å². The third-order valence-corrected chi connectivity index (χ3v) is 3.56. The van der Waals surface area contributed by atoms with Gasteiger partial charge >= 0.3 is 5.97 Å². The molecule has 0 amide bonds. The maximum atomic E-state index is 11.7. The predicted molar refractivity (Wildman–Crippen MR) is 93.1 cm³/mol. The molecule has 0 bridgehead atoms. The van der Waals surface area contributed by atoms with Crippen molar-refractivity contribution in [3.63, 3.8) is 0 Å². The molecule has 0 atom stereocenters. The second-order valence-corrected chi connectivity index (χ2v) is 6.26. The van der Waals surface area contributed by atoms with Gasteiger partial charge in [0.15, 0.2) is 0 Å². The van der Waals surface area contributed by atoms with E-state index in [1.54, 1.807) is 6.20 Å². The molecule has 0 spiro atoms. The van der Waals surface area contributed by atoms with Crippen molar-refractivity contribution in [2.24, 2.45) is 5.92 Å². The summed E-state index contributed by atoms with van der Waals surface area (Å²) in [5.41, 5.74) is 2.95. The first kappa shape index (κ1) is 18.1. The van der Waals surface area contributed by atoms with Gasteiger partial charge in [-0.25, -0.2) is 0 Å². The Bertz CT molecular complexity index is 644. The lowest BCUT2D eigenvalue weighted by Crippen LogP contribution is -2.30. The number of esters is 1. The number of carbonyl (C=O) groups excluding carboxylic acids is 1. The first-order valence-corrected chi connectivity index (χ1v) is 8.20. The van der Waals surface area contributed by atoms with Crippen LogP contribution in [0.2, 0.25) is 0 Å². The molecule has 0 aliphatic rings. The van der Waals surface area contributed by atoms with Gasteiger partial charge in [0.1, 0.15) is 0 Å². The Labute approximate surface area is 143 Å². The lowest BCUT2D eigenvalue weighted by Gasteiger charge is -2.20. The van der Waals surface area contributed by atoms with Crippen molar-refractivity contribution in [3.8, 4) is 0 Å². The van der Waals surface area contributed by atoms with Crippen molar-refractivity contribution in [1.82, 2.24) is 14.9 Å². The van der Waals surface area contributed by atoms with Crippen LogP contribution in [0.4, 0.5) is 0 Å². The lowest BCUT2D eigenvalue weighted by atomic mass is 10.1. The minimum atomic E-state index is -0.260. The zero-order valence-electron chi connectivity index (χ0n) is 14.6. The number of carbonyl (C=O) groups is 1. The quantitative estimate of drug-likeness (QED) is 0.698. The van der Waals surface area contributed by atoms with Crippen LogP contribution in [0.5, 0.6) is 0 Å². The minimum absolute atomic E-state index is 0.211. The average molecular weight is 327 g/mol. The smallest absolute Gasteiger partial charge is 0.319 e. The van der Waals surface area contributed by atoms with Crippen LogP contribution in [0.1, 0.15) is 30.9 Å². The van der Waals surface area contributed by atoms with Crippen molar-refractivity contribution < 1.29 is 9.53 Å². The second-order valence-electron chi connectivity index (χ2n) is 6.26. The molecule has 2 aromatic heterocycles.